The van der Waals surface area contributed by atoms with Gasteiger partial charge in [-0.1, -0.05) is 31.5 Å². The van der Waals surface area contributed by atoms with Crippen LogP contribution in [-0.4, -0.2) is 0 Å². The molecule has 0 heterocycles. The normalized spacial score (nSPS) is 10.4. The molecule has 0 radical (unpaired) electrons. The third-order valence-corrected chi connectivity index (χ3v) is 2.13. The SMILES string of the molecule is CC(C)c1ccc(NN)c(Cl)c1. The van der Waals surface area contributed by atoms with Gasteiger partial charge >= 0.3 is 0 Å². The van der Waals surface area contributed by atoms with E-state index in [1.165, 1.54) is 5.56 Å². The number of hydrogen-bond acceptors (Lipinski definition) is 2. The molecule has 1 aromatic carbocycles. The zero-order valence-electron chi connectivity index (χ0n) is 7.26. The molecular weight excluding hydrogens is 172 g/mol. The molecule has 0 unspecified atom stereocenters. The standard InChI is InChI=1S/C9H13ClN2/c1-6(2)7-3-4-9(12-11)8(10)5-7/h3-6,12H,11H2,1-2H3. The number of nitrogen functional groups attached to an aromatic ring is 1. The first-order chi connectivity index (χ1) is 5.65. The number of nitrogens with one attached hydrogen (secondary N) is 1. The summed E-state index contributed by atoms with van der Waals surface area (Å²) in [5.41, 5.74) is 4.52. The summed E-state index contributed by atoms with van der Waals surface area (Å²) in [5, 5.41) is 0.670. The molecule has 1 rings (SSSR count). The predicted octanol–water partition coefficient (Wildman–Crippen LogP) is 2.75. The Balaban J connectivity index is 3.02. The van der Waals surface area contributed by atoms with E-state index in [2.05, 4.69) is 19.3 Å². The summed E-state index contributed by atoms with van der Waals surface area (Å²) < 4.78 is 0. The van der Waals surface area contributed by atoms with E-state index in [1.54, 1.807) is 0 Å². The smallest absolute Gasteiger partial charge is 0.0672 e. The van der Waals surface area contributed by atoms with Crippen molar-refractivity contribution in [3.8, 4) is 0 Å². The fourth-order valence-electron chi connectivity index (χ4n) is 1.01. The van der Waals surface area contributed by atoms with Crippen molar-refractivity contribution in [3.05, 3.63) is 28.8 Å². The van der Waals surface area contributed by atoms with E-state index < -0.39 is 0 Å². The van der Waals surface area contributed by atoms with Gasteiger partial charge in [-0.05, 0) is 23.6 Å². The van der Waals surface area contributed by atoms with Gasteiger partial charge in [-0.25, -0.2) is 0 Å². The van der Waals surface area contributed by atoms with Gasteiger partial charge in [-0.2, -0.15) is 0 Å². The lowest BCUT2D eigenvalue weighted by Crippen LogP contribution is -2.07. The lowest BCUT2D eigenvalue weighted by Gasteiger charge is -2.08. The van der Waals surface area contributed by atoms with Gasteiger partial charge in [0.2, 0.25) is 0 Å². The molecule has 0 atom stereocenters. The molecule has 0 saturated carbocycles. The first-order valence-corrected chi connectivity index (χ1v) is 4.29. The molecule has 3 N–H and O–H groups in total. The van der Waals surface area contributed by atoms with E-state index in [-0.39, 0.29) is 0 Å². The van der Waals surface area contributed by atoms with Crippen LogP contribution < -0.4 is 11.3 Å². The minimum absolute atomic E-state index is 0.495. The third kappa shape index (κ3) is 1.90. The lowest BCUT2D eigenvalue weighted by atomic mass is 10.0. The maximum absolute atomic E-state index is 5.93. The van der Waals surface area contributed by atoms with Gasteiger partial charge in [0.25, 0.3) is 0 Å². The predicted molar refractivity (Wildman–Crippen MR) is 53.4 cm³/mol. The van der Waals surface area contributed by atoms with Crippen molar-refractivity contribution in [1.82, 2.24) is 0 Å². The van der Waals surface area contributed by atoms with E-state index in [9.17, 15) is 0 Å². The van der Waals surface area contributed by atoms with Gasteiger partial charge in [0.05, 0.1) is 10.7 Å². The van der Waals surface area contributed by atoms with E-state index in [4.69, 9.17) is 17.4 Å². The molecule has 0 saturated heterocycles. The highest BCUT2D eigenvalue weighted by atomic mass is 35.5. The van der Waals surface area contributed by atoms with E-state index in [0.29, 0.717) is 10.9 Å². The quantitative estimate of drug-likeness (QED) is 0.548. The van der Waals surface area contributed by atoms with Gasteiger partial charge in [-0.3, -0.25) is 5.84 Å². The minimum Gasteiger partial charge on any atom is -0.323 e. The molecule has 0 aromatic heterocycles. The third-order valence-electron chi connectivity index (χ3n) is 1.82. The summed E-state index contributed by atoms with van der Waals surface area (Å²) in [4.78, 5) is 0. The number of hydrogen-bond donors (Lipinski definition) is 2. The molecule has 0 fully saturated rings. The Kier molecular flexibility index (Phi) is 2.95. The van der Waals surface area contributed by atoms with Crippen molar-refractivity contribution >= 4 is 17.3 Å². The van der Waals surface area contributed by atoms with Crippen LogP contribution in [0, 0.1) is 0 Å². The number of benzene rings is 1. The summed E-state index contributed by atoms with van der Waals surface area (Å²) in [6.45, 7) is 4.25. The van der Waals surface area contributed by atoms with Crippen molar-refractivity contribution in [2.45, 2.75) is 19.8 Å². The average molecular weight is 185 g/mol. The molecule has 0 bridgehead atoms. The Bertz CT molecular complexity index is 271. The fourth-order valence-corrected chi connectivity index (χ4v) is 1.25. The largest absolute Gasteiger partial charge is 0.323 e. The van der Waals surface area contributed by atoms with Crippen molar-refractivity contribution in [2.24, 2.45) is 5.84 Å². The minimum atomic E-state index is 0.495. The molecule has 2 nitrogen and oxygen atoms in total. The number of hydrazine groups is 1. The first kappa shape index (κ1) is 9.36. The first-order valence-electron chi connectivity index (χ1n) is 3.91. The lowest BCUT2D eigenvalue weighted by molar-refractivity contribution is 0.867. The summed E-state index contributed by atoms with van der Waals surface area (Å²) in [7, 11) is 0. The average Bonchev–Trinajstić information content (AvgIpc) is 2.04. The van der Waals surface area contributed by atoms with Crippen LogP contribution in [0.15, 0.2) is 18.2 Å². The molecule has 0 aliphatic rings. The maximum atomic E-state index is 5.93. The molecule has 0 aliphatic carbocycles. The van der Waals surface area contributed by atoms with Crippen molar-refractivity contribution in [2.75, 3.05) is 5.43 Å². The van der Waals surface area contributed by atoms with Gasteiger partial charge in [-0.15, -0.1) is 0 Å². The van der Waals surface area contributed by atoms with Crippen molar-refractivity contribution in [1.29, 1.82) is 0 Å². The van der Waals surface area contributed by atoms with Crippen molar-refractivity contribution < 1.29 is 0 Å². The van der Waals surface area contributed by atoms with E-state index >= 15 is 0 Å². The van der Waals surface area contributed by atoms with Crippen LogP contribution in [0.25, 0.3) is 0 Å². The molecule has 0 spiro atoms. The molecule has 1 aromatic rings. The topological polar surface area (TPSA) is 38.0 Å². The van der Waals surface area contributed by atoms with Crippen LogP contribution in [0.4, 0.5) is 5.69 Å². The number of anilines is 1. The summed E-state index contributed by atoms with van der Waals surface area (Å²) in [6, 6.07) is 5.84. The fraction of sp³-hybridized carbons (Fsp3) is 0.333. The Morgan fingerprint density at radius 2 is 2.08 bits per heavy atom. The summed E-state index contributed by atoms with van der Waals surface area (Å²) >= 11 is 5.93. The zero-order valence-corrected chi connectivity index (χ0v) is 8.02. The van der Waals surface area contributed by atoms with E-state index in [1.807, 2.05) is 18.2 Å². The van der Waals surface area contributed by atoms with Crippen molar-refractivity contribution in [3.63, 3.8) is 0 Å². The Hall–Kier alpha value is -0.730. The molecular formula is C9H13ClN2. The monoisotopic (exact) mass is 184 g/mol. The Morgan fingerprint density at radius 3 is 2.50 bits per heavy atom. The highest BCUT2D eigenvalue weighted by Gasteiger charge is 2.02. The van der Waals surface area contributed by atoms with Crippen LogP contribution in [0.3, 0.4) is 0 Å². The molecule has 66 valence electrons. The second-order valence-electron chi connectivity index (χ2n) is 3.04. The highest BCUT2D eigenvalue weighted by molar-refractivity contribution is 6.33. The maximum Gasteiger partial charge on any atom is 0.0672 e. The Morgan fingerprint density at radius 1 is 1.42 bits per heavy atom. The molecule has 3 heteroatoms. The van der Waals surface area contributed by atoms with Gasteiger partial charge < -0.3 is 5.43 Å². The summed E-state index contributed by atoms with van der Waals surface area (Å²) in [6.07, 6.45) is 0. The van der Waals surface area contributed by atoms with Crippen LogP contribution in [-0.2, 0) is 0 Å². The second-order valence-corrected chi connectivity index (χ2v) is 3.45. The molecule has 0 amide bonds. The van der Waals surface area contributed by atoms with Gasteiger partial charge in [0.15, 0.2) is 0 Å². The van der Waals surface area contributed by atoms with Gasteiger partial charge in [0.1, 0.15) is 0 Å². The molecule has 0 aliphatic heterocycles. The second kappa shape index (κ2) is 3.78. The number of nitrogens with two attached hydrogens (primary N) is 1. The molecule has 12 heavy (non-hydrogen) atoms. The van der Waals surface area contributed by atoms with Crippen LogP contribution in [0.5, 0.6) is 0 Å². The zero-order chi connectivity index (χ0) is 9.14. The highest BCUT2D eigenvalue weighted by Crippen LogP contribution is 2.25. The number of halogens is 1. The van der Waals surface area contributed by atoms with Crippen LogP contribution in [0.2, 0.25) is 5.02 Å². The number of rotatable bonds is 2. The Labute approximate surface area is 77.7 Å². The van der Waals surface area contributed by atoms with Gasteiger partial charge in [0, 0.05) is 0 Å². The van der Waals surface area contributed by atoms with Crippen LogP contribution in [0.1, 0.15) is 25.3 Å². The van der Waals surface area contributed by atoms with Crippen LogP contribution >= 0.6 is 11.6 Å². The van der Waals surface area contributed by atoms with E-state index in [0.717, 1.165) is 5.69 Å². The summed E-state index contributed by atoms with van der Waals surface area (Å²) in [5.74, 6) is 5.74.